The molecule has 1 aliphatic heterocycles. The monoisotopic (exact) mass is 496 g/mol. The van der Waals surface area contributed by atoms with Gasteiger partial charge in [-0.1, -0.05) is 6.07 Å². The first-order valence-electron chi connectivity index (χ1n) is 11.6. The molecular weight excluding hydrogens is 475 g/mol. The SMILES string of the molecule is Cn1cc(-c2cc(C3CN(C(=O)NCc4ccc(-n5cc(F)cn5)nc4)C3)c3c(C#N)cnn3c2)cn1. The van der Waals surface area contributed by atoms with Crippen LogP contribution in [0.5, 0.6) is 0 Å². The van der Waals surface area contributed by atoms with Crippen LogP contribution in [-0.2, 0) is 13.6 Å². The fraction of sp³-hybridized carbons (Fsp3) is 0.200. The van der Waals surface area contributed by atoms with Crippen molar-refractivity contribution in [2.45, 2.75) is 12.5 Å². The molecule has 184 valence electrons. The molecule has 0 aliphatic carbocycles. The normalized spacial score (nSPS) is 13.5. The largest absolute Gasteiger partial charge is 0.334 e. The number of likely N-dealkylation sites (tertiary alicyclic amines) is 1. The Labute approximate surface area is 210 Å². The number of nitrogens with zero attached hydrogens (tertiary/aromatic N) is 9. The van der Waals surface area contributed by atoms with Crippen LogP contribution in [0.4, 0.5) is 9.18 Å². The number of fused-ring (bicyclic) bond motifs is 1. The summed E-state index contributed by atoms with van der Waals surface area (Å²) in [6, 6.07) is 7.63. The molecule has 6 rings (SSSR count). The molecule has 6 heterocycles. The maximum Gasteiger partial charge on any atom is 0.317 e. The molecule has 0 bridgehead atoms. The Morgan fingerprint density at radius 3 is 2.65 bits per heavy atom. The van der Waals surface area contributed by atoms with Crippen molar-refractivity contribution in [3.63, 3.8) is 0 Å². The standard InChI is InChI=1S/C25H21FN10O/c1-33-11-19(9-30-33)17-4-22(24-18(5-27)8-31-36(24)14-17)20-12-34(13-20)25(37)29-7-16-2-3-23(28-6-16)35-15-21(26)10-32-35/h2-4,6,8-11,14-15,20H,7,12-13H2,1H3,(H,29,37). The van der Waals surface area contributed by atoms with Crippen LogP contribution in [0.2, 0.25) is 0 Å². The highest BCUT2D eigenvalue weighted by molar-refractivity contribution is 5.77. The Hall–Kier alpha value is -5.05. The third-order valence-corrected chi connectivity index (χ3v) is 6.45. The zero-order valence-corrected chi connectivity index (χ0v) is 19.8. The summed E-state index contributed by atoms with van der Waals surface area (Å²) in [5, 5.41) is 25.0. The minimum absolute atomic E-state index is 0.0732. The Morgan fingerprint density at radius 1 is 1.11 bits per heavy atom. The number of pyridine rings is 2. The zero-order chi connectivity index (χ0) is 25.5. The van der Waals surface area contributed by atoms with Crippen molar-refractivity contribution >= 4 is 11.5 Å². The summed E-state index contributed by atoms with van der Waals surface area (Å²) in [7, 11) is 1.86. The van der Waals surface area contributed by atoms with Crippen molar-refractivity contribution in [2.75, 3.05) is 13.1 Å². The number of amides is 2. The highest BCUT2D eigenvalue weighted by atomic mass is 19.1. The molecule has 0 saturated carbocycles. The first-order valence-corrected chi connectivity index (χ1v) is 11.6. The van der Waals surface area contributed by atoms with Gasteiger partial charge in [-0.05, 0) is 23.3 Å². The Bertz CT molecular complexity index is 1650. The topological polar surface area (TPSA) is 122 Å². The van der Waals surface area contributed by atoms with Gasteiger partial charge in [-0.3, -0.25) is 4.68 Å². The predicted octanol–water partition coefficient (Wildman–Crippen LogP) is 2.64. The van der Waals surface area contributed by atoms with Gasteiger partial charge in [-0.2, -0.15) is 20.6 Å². The van der Waals surface area contributed by atoms with E-state index in [1.807, 2.05) is 25.5 Å². The highest BCUT2D eigenvalue weighted by Gasteiger charge is 2.34. The van der Waals surface area contributed by atoms with Crippen molar-refractivity contribution in [1.29, 1.82) is 5.26 Å². The van der Waals surface area contributed by atoms with Crippen molar-refractivity contribution in [3.8, 4) is 23.0 Å². The molecular formula is C25H21FN10O. The van der Waals surface area contributed by atoms with E-state index in [1.165, 1.54) is 10.9 Å². The maximum atomic E-state index is 13.2. The fourth-order valence-electron chi connectivity index (χ4n) is 4.49. The van der Waals surface area contributed by atoms with Crippen LogP contribution in [-0.4, -0.2) is 58.2 Å². The molecule has 1 saturated heterocycles. The van der Waals surface area contributed by atoms with E-state index in [0.29, 0.717) is 31.0 Å². The van der Waals surface area contributed by atoms with Gasteiger partial charge in [0.2, 0.25) is 0 Å². The summed E-state index contributed by atoms with van der Waals surface area (Å²) in [5.41, 5.74) is 4.96. The van der Waals surface area contributed by atoms with Crippen molar-refractivity contribution in [2.24, 2.45) is 7.05 Å². The first-order chi connectivity index (χ1) is 18.0. The fourth-order valence-corrected chi connectivity index (χ4v) is 4.49. The average molecular weight is 497 g/mol. The van der Waals surface area contributed by atoms with E-state index in [0.717, 1.165) is 34.0 Å². The molecule has 12 heteroatoms. The van der Waals surface area contributed by atoms with Gasteiger partial charge in [0.25, 0.3) is 0 Å². The molecule has 2 amide bonds. The lowest BCUT2D eigenvalue weighted by Gasteiger charge is -2.39. The Balaban J connectivity index is 1.13. The Morgan fingerprint density at radius 2 is 1.97 bits per heavy atom. The number of aromatic nitrogens is 7. The van der Waals surface area contributed by atoms with Gasteiger partial charge in [0.15, 0.2) is 11.6 Å². The molecule has 5 aromatic rings. The van der Waals surface area contributed by atoms with Gasteiger partial charge in [-0.25, -0.2) is 23.4 Å². The smallest absolute Gasteiger partial charge is 0.317 e. The number of nitriles is 1. The number of hydrogen-bond donors (Lipinski definition) is 1. The van der Waals surface area contributed by atoms with Gasteiger partial charge in [-0.15, -0.1) is 0 Å². The van der Waals surface area contributed by atoms with Crippen LogP contribution in [0.1, 0.15) is 22.6 Å². The van der Waals surface area contributed by atoms with Crippen LogP contribution in [0.15, 0.2) is 61.6 Å². The van der Waals surface area contributed by atoms with Crippen LogP contribution in [0.3, 0.4) is 0 Å². The predicted molar refractivity (Wildman–Crippen MR) is 130 cm³/mol. The summed E-state index contributed by atoms with van der Waals surface area (Å²) >= 11 is 0. The van der Waals surface area contributed by atoms with Crippen molar-refractivity contribution in [3.05, 3.63) is 84.1 Å². The number of urea groups is 1. The van der Waals surface area contributed by atoms with Gasteiger partial charge in [0, 0.05) is 62.3 Å². The second-order valence-electron chi connectivity index (χ2n) is 8.94. The van der Waals surface area contributed by atoms with E-state index >= 15 is 0 Å². The number of hydrogen-bond acceptors (Lipinski definition) is 6. The second kappa shape index (κ2) is 8.87. The number of rotatable bonds is 5. The minimum atomic E-state index is -0.437. The molecule has 1 aliphatic rings. The molecule has 0 spiro atoms. The van der Waals surface area contributed by atoms with Gasteiger partial charge in [0.1, 0.15) is 6.07 Å². The van der Waals surface area contributed by atoms with Crippen molar-refractivity contribution < 1.29 is 9.18 Å². The van der Waals surface area contributed by atoms with Gasteiger partial charge in [0.05, 0.1) is 35.9 Å². The van der Waals surface area contributed by atoms with Crippen LogP contribution < -0.4 is 5.32 Å². The summed E-state index contributed by atoms with van der Waals surface area (Å²) in [6.07, 6.45) is 11.2. The van der Waals surface area contributed by atoms with Crippen LogP contribution in [0, 0.1) is 17.1 Å². The molecule has 0 radical (unpaired) electrons. The van der Waals surface area contributed by atoms with Crippen LogP contribution in [0.25, 0.3) is 22.5 Å². The second-order valence-corrected chi connectivity index (χ2v) is 8.94. The van der Waals surface area contributed by atoms with Crippen molar-refractivity contribution in [1.82, 2.24) is 44.4 Å². The first kappa shape index (κ1) is 22.4. The molecule has 0 atom stereocenters. The zero-order valence-electron chi connectivity index (χ0n) is 19.8. The highest BCUT2D eigenvalue weighted by Crippen LogP contribution is 2.34. The quantitative estimate of drug-likeness (QED) is 0.399. The summed E-state index contributed by atoms with van der Waals surface area (Å²) in [6.45, 7) is 1.36. The average Bonchev–Trinajstić information content (AvgIpc) is 3.61. The molecule has 0 aromatic carbocycles. The van der Waals surface area contributed by atoms with E-state index in [4.69, 9.17) is 0 Å². The molecule has 37 heavy (non-hydrogen) atoms. The number of carbonyl (C=O) groups is 1. The van der Waals surface area contributed by atoms with E-state index in [1.54, 1.807) is 38.8 Å². The lowest BCUT2D eigenvalue weighted by molar-refractivity contribution is 0.151. The lowest BCUT2D eigenvalue weighted by Crippen LogP contribution is -2.52. The number of aryl methyl sites for hydroxylation is 1. The summed E-state index contributed by atoms with van der Waals surface area (Å²) in [5.74, 6) is 0.123. The molecule has 1 N–H and O–H groups in total. The lowest BCUT2D eigenvalue weighted by atomic mass is 9.89. The Kier molecular flexibility index (Phi) is 5.37. The molecule has 11 nitrogen and oxygen atoms in total. The maximum absolute atomic E-state index is 13.2. The summed E-state index contributed by atoms with van der Waals surface area (Å²) < 4.78 is 18.0. The molecule has 1 fully saturated rings. The van der Waals surface area contributed by atoms with E-state index < -0.39 is 5.82 Å². The van der Waals surface area contributed by atoms with E-state index in [9.17, 15) is 14.4 Å². The van der Waals surface area contributed by atoms with Crippen LogP contribution >= 0.6 is 0 Å². The van der Waals surface area contributed by atoms with Gasteiger partial charge >= 0.3 is 6.03 Å². The number of halogens is 1. The summed E-state index contributed by atoms with van der Waals surface area (Å²) in [4.78, 5) is 18.8. The number of carbonyl (C=O) groups excluding carboxylic acids is 1. The minimum Gasteiger partial charge on any atom is -0.334 e. The third-order valence-electron chi connectivity index (χ3n) is 6.45. The number of nitrogens with one attached hydrogen (secondary N) is 1. The third kappa shape index (κ3) is 4.16. The van der Waals surface area contributed by atoms with E-state index in [-0.39, 0.29) is 11.9 Å². The van der Waals surface area contributed by atoms with E-state index in [2.05, 4.69) is 37.7 Å². The van der Waals surface area contributed by atoms with Gasteiger partial charge < -0.3 is 10.2 Å². The molecule has 0 unspecified atom stereocenters. The molecule has 5 aromatic heterocycles.